The summed E-state index contributed by atoms with van der Waals surface area (Å²) < 4.78 is 17.6. The van der Waals surface area contributed by atoms with Crippen LogP contribution in [-0.2, 0) is 23.8 Å². The van der Waals surface area contributed by atoms with Crippen molar-refractivity contribution in [2.75, 3.05) is 13.2 Å². The number of rotatable bonds is 49. The fourth-order valence-electron chi connectivity index (χ4n) is 8.95. The van der Waals surface area contributed by atoms with E-state index in [0.717, 1.165) is 77.0 Å². The molecule has 0 radical (unpaired) electrons. The third-order valence-corrected chi connectivity index (χ3v) is 13.7. The zero-order valence-electron chi connectivity index (χ0n) is 46.0. The largest absolute Gasteiger partial charge is 0.454 e. The van der Waals surface area contributed by atoms with E-state index in [1.165, 1.54) is 128 Å². The van der Waals surface area contributed by atoms with Crippen molar-refractivity contribution < 1.29 is 49.3 Å². The number of aliphatic hydroxyl groups excluding tert-OH is 5. The monoisotopic (exact) mass is 1020 g/mol. The van der Waals surface area contributed by atoms with Crippen molar-refractivity contribution in [3.8, 4) is 0 Å². The summed E-state index contributed by atoms with van der Waals surface area (Å²) in [4.78, 5) is 26.5. The molecule has 1 amide bonds. The lowest BCUT2D eigenvalue weighted by atomic mass is 9.99. The van der Waals surface area contributed by atoms with Crippen LogP contribution in [0.25, 0.3) is 0 Å². The predicted octanol–water partition coefficient (Wildman–Crippen LogP) is 13.4. The van der Waals surface area contributed by atoms with Crippen molar-refractivity contribution in [3.63, 3.8) is 0 Å². The highest BCUT2D eigenvalue weighted by atomic mass is 16.7. The molecule has 418 valence electrons. The number of hydrogen-bond donors (Lipinski definition) is 6. The SMILES string of the molecule is CC/C=C/C/C=C/C/C=C/CCCCCC(O)C(=O)NC(COC1OC(CO)C(O)C(O)C1OC(=O)CCCCCCCCCCC/C=C/CCCCCCCC)C(O)/C=C/CCCCCCCCCCC. The van der Waals surface area contributed by atoms with Crippen LogP contribution in [0.2, 0.25) is 0 Å². The number of carbonyl (C=O) groups is 2. The molecule has 0 aromatic heterocycles. The topological polar surface area (TPSA) is 175 Å². The fourth-order valence-corrected chi connectivity index (χ4v) is 8.95. The van der Waals surface area contributed by atoms with Crippen LogP contribution in [0.3, 0.4) is 0 Å². The van der Waals surface area contributed by atoms with Crippen molar-refractivity contribution in [2.45, 2.75) is 301 Å². The Bertz CT molecular complexity index is 1400. The van der Waals surface area contributed by atoms with Gasteiger partial charge < -0.3 is 45.1 Å². The summed E-state index contributed by atoms with van der Waals surface area (Å²) in [7, 11) is 0. The van der Waals surface area contributed by atoms with Gasteiger partial charge in [0.2, 0.25) is 5.91 Å². The number of allylic oxidation sites excluding steroid dienone is 9. The summed E-state index contributed by atoms with van der Waals surface area (Å²) in [5.74, 6) is -1.22. The van der Waals surface area contributed by atoms with E-state index in [9.17, 15) is 35.1 Å². The maximum atomic E-state index is 13.3. The van der Waals surface area contributed by atoms with Crippen LogP contribution in [0.1, 0.15) is 252 Å². The van der Waals surface area contributed by atoms with Crippen LogP contribution in [-0.4, -0.2) is 99.6 Å². The number of carbonyl (C=O) groups excluding carboxylic acids is 2. The van der Waals surface area contributed by atoms with Gasteiger partial charge in [0.25, 0.3) is 0 Å². The smallest absolute Gasteiger partial charge is 0.306 e. The molecule has 1 aliphatic heterocycles. The summed E-state index contributed by atoms with van der Waals surface area (Å²) in [5, 5.41) is 56.8. The van der Waals surface area contributed by atoms with Crippen molar-refractivity contribution in [1.29, 1.82) is 0 Å². The molecule has 72 heavy (non-hydrogen) atoms. The van der Waals surface area contributed by atoms with E-state index in [1.54, 1.807) is 6.08 Å². The minimum absolute atomic E-state index is 0.118. The van der Waals surface area contributed by atoms with E-state index in [4.69, 9.17) is 14.2 Å². The summed E-state index contributed by atoms with van der Waals surface area (Å²) in [5.41, 5.74) is 0. The standard InChI is InChI=1S/C61H109NO10/c1-4-7-10-13-16-19-22-24-25-26-27-28-29-31-34-37-40-43-46-49-56(66)72-59-58(68)57(67)55(50-63)71-61(59)70-51-52(53(64)47-44-41-38-35-32-21-18-15-12-9-6-3)62-60(69)54(65)48-45-42-39-36-33-30-23-20-17-14-11-8-5-2/h8,11,17,20,24-25,30,33,44,47,52-55,57-59,61,63-65,67-68H,4-7,9-10,12-16,18-19,21-23,26-29,31-32,34-43,45-46,48-51H2,1-3H3,(H,62,69)/b11-8+,20-17+,25-24+,33-30+,47-44+. The van der Waals surface area contributed by atoms with Gasteiger partial charge in [0, 0.05) is 6.42 Å². The number of unbranched alkanes of at least 4 members (excludes halogenated alkanes) is 27. The van der Waals surface area contributed by atoms with Crippen LogP contribution >= 0.6 is 0 Å². The molecule has 11 nitrogen and oxygen atoms in total. The maximum absolute atomic E-state index is 13.3. The van der Waals surface area contributed by atoms with Gasteiger partial charge in [0.05, 0.1) is 25.4 Å². The lowest BCUT2D eigenvalue weighted by Gasteiger charge is -2.41. The van der Waals surface area contributed by atoms with E-state index in [0.29, 0.717) is 12.8 Å². The minimum Gasteiger partial charge on any atom is -0.454 e. The Morgan fingerprint density at radius 1 is 0.556 bits per heavy atom. The van der Waals surface area contributed by atoms with E-state index < -0.39 is 67.4 Å². The first kappa shape index (κ1) is 67.4. The quantitative estimate of drug-likeness (QED) is 0.0195. The van der Waals surface area contributed by atoms with Gasteiger partial charge >= 0.3 is 5.97 Å². The zero-order chi connectivity index (χ0) is 52.5. The van der Waals surface area contributed by atoms with Gasteiger partial charge in [-0.1, -0.05) is 223 Å². The van der Waals surface area contributed by atoms with E-state index in [1.807, 2.05) is 6.08 Å². The summed E-state index contributed by atoms with van der Waals surface area (Å²) in [6.45, 7) is 5.64. The Morgan fingerprint density at radius 2 is 1.00 bits per heavy atom. The molecule has 0 saturated carbocycles. The maximum Gasteiger partial charge on any atom is 0.306 e. The summed E-state index contributed by atoms with van der Waals surface area (Å²) in [6.07, 6.45) is 49.8. The molecule has 8 atom stereocenters. The average molecular weight is 1020 g/mol. The molecule has 11 heteroatoms. The zero-order valence-corrected chi connectivity index (χ0v) is 46.0. The van der Waals surface area contributed by atoms with Crippen LogP contribution in [0, 0.1) is 0 Å². The number of amides is 1. The number of nitrogens with one attached hydrogen (secondary N) is 1. The Balaban J connectivity index is 2.69. The molecule has 1 fully saturated rings. The molecule has 0 aliphatic carbocycles. The van der Waals surface area contributed by atoms with Gasteiger partial charge in [-0.2, -0.15) is 0 Å². The van der Waals surface area contributed by atoms with Crippen molar-refractivity contribution >= 4 is 11.9 Å². The van der Waals surface area contributed by atoms with Crippen LogP contribution < -0.4 is 5.32 Å². The molecular weight excluding hydrogens is 907 g/mol. The number of hydrogen-bond acceptors (Lipinski definition) is 10. The number of esters is 1. The van der Waals surface area contributed by atoms with Gasteiger partial charge in [0.15, 0.2) is 12.4 Å². The van der Waals surface area contributed by atoms with E-state index in [2.05, 4.69) is 74.7 Å². The predicted molar refractivity (Wildman–Crippen MR) is 296 cm³/mol. The van der Waals surface area contributed by atoms with Gasteiger partial charge in [-0.25, -0.2) is 0 Å². The third kappa shape index (κ3) is 37.1. The highest BCUT2D eigenvalue weighted by molar-refractivity contribution is 5.80. The highest BCUT2D eigenvalue weighted by Crippen LogP contribution is 2.26. The Morgan fingerprint density at radius 3 is 1.51 bits per heavy atom. The normalized spacial score (nSPS) is 19.9. The van der Waals surface area contributed by atoms with E-state index in [-0.39, 0.29) is 19.4 Å². The van der Waals surface area contributed by atoms with Gasteiger partial charge in [-0.3, -0.25) is 9.59 Å². The van der Waals surface area contributed by atoms with Crippen molar-refractivity contribution in [1.82, 2.24) is 5.32 Å². The van der Waals surface area contributed by atoms with Gasteiger partial charge in [-0.15, -0.1) is 0 Å². The summed E-state index contributed by atoms with van der Waals surface area (Å²) in [6, 6.07) is -1.04. The lowest BCUT2D eigenvalue weighted by Crippen LogP contribution is -2.61. The first-order chi connectivity index (χ1) is 35.2. The second-order valence-electron chi connectivity index (χ2n) is 20.3. The molecular formula is C61H109NO10. The second-order valence-corrected chi connectivity index (χ2v) is 20.3. The van der Waals surface area contributed by atoms with Gasteiger partial charge in [0.1, 0.15) is 24.4 Å². The van der Waals surface area contributed by atoms with Crippen molar-refractivity contribution in [2.24, 2.45) is 0 Å². The molecule has 1 heterocycles. The first-order valence-corrected chi connectivity index (χ1v) is 29.6. The molecule has 1 aliphatic rings. The van der Waals surface area contributed by atoms with Crippen LogP contribution in [0.5, 0.6) is 0 Å². The number of aliphatic hydroxyl groups is 5. The van der Waals surface area contributed by atoms with Crippen molar-refractivity contribution in [3.05, 3.63) is 60.8 Å². The molecule has 0 aromatic rings. The molecule has 0 spiro atoms. The Labute approximate surface area is 439 Å². The minimum atomic E-state index is -1.62. The molecule has 1 saturated heterocycles. The third-order valence-electron chi connectivity index (χ3n) is 13.7. The average Bonchev–Trinajstić information content (AvgIpc) is 3.38. The summed E-state index contributed by atoms with van der Waals surface area (Å²) >= 11 is 0. The highest BCUT2D eigenvalue weighted by Gasteiger charge is 2.47. The Kier molecular flexibility index (Phi) is 46.1. The van der Waals surface area contributed by atoms with Gasteiger partial charge in [-0.05, 0) is 83.5 Å². The first-order valence-electron chi connectivity index (χ1n) is 29.6. The molecule has 8 unspecified atom stereocenters. The number of ether oxygens (including phenoxy) is 3. The second kappa shape index (κ2) is 49.2. The van der Waals surface area contributed by atoms with Crippen LogP contribution in [0.15, 0.2) is 60.8 Å². The molecule has 0 bridgehead atoms. The lowest BCUT2D eigenvalue weighted by molar-refractivity contribution is -0.305. The molecule has 1 rings (SSSR count). The van der Waals surface area contributed by atoms with Crippen LogP contribution in [0.4, 0.5) is 0 Å². The van der Waals surface area contributed by atoms with E-state index >= 15 is 0 Å². The Hall–Kier alpha value is -2.64. The fraction of sp³-hybridized carbons (Fsp3) is 0.803. The molecule has 6 N–H and O–H groups in total. The molecule has 0 aromatic carbocycles.